The Kier molecular flexibility index (Phi) is 7.15. The molecule has 0 aliphatic rings. The van der Waals surface area contributed by atoms with Gasteiger partial charge in [-0.15, -0.1) is 12.4 Å². The van der Waals surface area contributed by atoms with Crippen LogP contribution in [0.25, 0.3) is 0 Å². The van der Waals surface area contributed by atoms with E-state index >= 15 is 0 Å². The van der Waals surface area contributed by atoms with E-state index in [2.05, 4.69) is 10.3 Å². The number of nitrogens with zero attached hydrogens (tertiary/aromatic N) is 2. The zero-order valence-corrected chi connectivity index (χ0v) is 12.2. The summed E-state index contributed by atoms with van der Waals surface area (Å²) in [5, 5.41) is 2.90. The Morgan fingerprint density at radius 3 is 2.56 bits per heavy atom. The lowest BCUT2D eigenvalue weighted by atomic mass is 10.5. The second kappa shape index (κ2) is 7.52. The van der Waals surface area contributed by atoms with E-state index in [1.807, 2.05) is 0 Å². The van der Waals surface area contributed by atoms with Crippen molar-refractivity contribution in [3.8, 4) is 5.88 Å². The molecule has 0 amide bonds. The Hall–Kier alpha value is -0.890. The summed E-state index contributed by atoms with van der Waals surface area (Å²) < 4.78 is 30.3. The molecule has 18 heavy (non-hydrogen) atoms. The summed E-state index contributed by atoms with van der Waals surface area (Å²) in [5.41, 5.74) is 0. The molecule has 104 valence electrons. The van der Waals surface area contributed by atoms with Crippen molar-refractivity contribution >= 4 is 22.4 Å². The lowest BCUT2D eigenvalue weighted by molar-refractivity contribution is 0.397. The highest BCUT2D eigenvalue weighted by Crippen LogP contribution is 2.15. The number of pyridine rings is 1. The number of halogens is 1. The van der Waals surface area contributed by atoms with Crippen molar-refractivity contribution in [2.75, 3.05) is 34.3 Å². The topological polar surface area (TPSA) is 71.5 Å². The van der Waals surface area contributed by atoms with E-state index < -0.39 is 10.0 Å². The number of hydrogen-bond donors (Lipinski definition) is 1. The number of methoxy groups -OCH3 is 1. The van der Waals surface area contributed by atoms with Gasteiger partial charge in [0, 0.05) is 26.2 Å². The van der Waals surface area contributed by atoms with Crippen molar-refractivity contribution in [2.45, 2.75) is 4.90 Å². The maximum absolute atomic E-state index is 12.1. The molecule has 6 nitrogen and oxygen atoms in total. The largest absolute Gasteiger partial charge is 0.481 e. The van der Waals surface area contributed by atoms with Crippen molar-refractivity contribution in [2.24, 2.45) is 0 Å². The van der Waals surface area contributed by atoms with Crippen LogP contribution in [0, 0.1) is 0 Å². The summed E-state index contributed by atoms with van der Waals surface area (Å²) in [6, 6.07) is 3.01. The minimum atomic E-state index is -3.46. The molecule has 8 heteroatoms. The molecule has 0 bridgehead atoms. The average molecular weight is 296 g/mol. The summed E-state index contributed by atoms with van der Waals surface area (Å²) in [4.78, 5) is 4.05. The van der Waals surface area contributed by atoms with Gasteiger partial charge in [0.2, 0.25) is 15.9 Å². The lowest BCUT2D eigenvalue weighted by Gasteiger charge is -2.16. The highest BCUT2D eigenvalue weighted by atomic mass is 35.5. The number of sulfonamides is 1. The minimum absolute atomic E-state index is 0. The van der Waals surface area contributed by atoms with Gasteiger partial charge in [0.25, 0.3) is 0 Å². The first kappa shape index (κ1) is 17.1. The maximum atomic E-state index is 12.1. The van der Waals surface area contributed by atoms with Crippen LogP contribution in [0.3, 0.4) is 0 Å². The van der Waals surface area contributed by atoms with Gasteiger partial charge >= 0.3 is 0 Å². The van der Waals surface area contributed by atoms with Gasteiger partial charge < -0.3 is 10.1 Å². The number of likely N-dealkylation sites (N-methyl/N-ethyl adjacent to an activating group) is 2. The molecular weight excluding hydrogens is 278 g/mol. The number of ether oxygens (including phenoxy) is 1. The summed E-state index contributed by atoms with van der Waals surface area (Å²) in [6.07, 6.45) is 1.30. The van der Waals surface area contributed by atoms with Crippen LogP contribution in [0.5, 0.6) is 5.88 Å². The average Bonchev–Trinajstić information content (AvgIpc) is 2.35. The number of rotatable bonds is 6. The van der Waals surface area contributed by atoms with Crippen molar-refractivity contribution < 1.29 is 13.2 Å². The third kappa shape index (κ3) is 4.09. The van der Waals surface area contributed by atoms with Crippen LogP contribution in [-0.2, 0) is 10.0 Å². The van der Waals surface area contributed by atoms with Crippen molar-refractivity contribution in [1.82, 2.24) is 14.6 Å². The molecule has 0 aliphatic heterocycles. The fourth-order valence-corrected chi connectivity index (χ4v) is 2.33. The molecule has 1 N–H and O–H groups in total. The van der Waals surface area contributed by atoms with E-state index in [-0.39, 0.29) is 17.3 Å². The van der Waals surface area contributed by atoms with Crippen LogP contribution in [-0.4, -0.2) is 52.0 Å². The van der Waals surface area contributed by atoms with Crippen LogP contribution in [0.1, 0.15) is 0 Å². The predicted molar refractivity (Wildman–Crippen MR) is 71.8 cm³/mol. The first-order chi connectivity index (χ1) is 8.02. The van der Waals surface area contributed by atoms with Gasteiger partial charge in [-0.2, -0.15) is 4.31 Å². The predicted octanol–water partition coefficient (Wildman–Crippen LogP) is 0.352. The summed E-state index contributed by atoms with van der Waals surface area (Å²) in [7, 11) is 1.33. The Morgan fingerprint density at radius 2 is 2.11 bits per heavy atom. The van der Waals surface area contributed by atoms with Crippen LogP contribution in [0.4, 0.5) is 0 Å². The summed E-state index contributed by atoms with van der Waals surface area (Å²) >= 11 is 0. The molecule has 0 aliphatic carbocycles. The van der Waals surface area contributed by atoms with Crippen molar-refractivity contribution in [3.63, 3.8) is 0 Å². The number of nitrogens with one attached hydrogen (secondary N) is 1. The first-order valence-electron chi connectivity index (χ1n) is 5.13. The molecule has 1 rings (SSSR count). The van der Waals surface area contributed by atoms with Gasteiger partial charge in [-0.3, -0.25) is 0 Å². The van der Waals surface area contributed by atoms with Gasteiger partial charge in [-0.1, -0.05) is 0 Å². The van der Waals surface area contributed by atoms with Crippen LogP contribution in [0.15, 0.2) is 23.2 Å². The maximum Gasteiger partial charge on any atom is 0.244 e. The number of hydrogen-bond acceptors (Lipinski definition) is 5. The van der Waals surface area contributed by atoms with E-state index in [9.17, 15) is 8.42 Å². The Balaban J connectivity index is 0.00000289. The van der Waals surface area contributed by atoms with Crippen LogP contribution in [0.2, 0.25) is 0 Å². The molecule has 0 aromatic carbocycles. The van der Waals surface area contributed by atoms with Crippen LogP contribution < -0.4 is 10.1 Å². The quantitative estimate of drug-likeness (QED) is 0.820. The van der Waals surface area contributed by atoms with E-state index in [0.29, 0.717) is 19.0 Å². The molecule has 0 atom stereocenters. The van der Waals surface area contributed by atoms with E-state index in [0.717, 1.165) is 0 Å². The molecule has 0 saturated carbocycles. The second-order valence-electron chi connectivity index (χ2n) is 3.47. The Labute approximate surface area is 114 Å². The van der Waals surface area contributed by atoms with Gasteiger partial charge in [-0.05, 0) is 13.1 Å². The summed E-state index contributed by atoms with van der Waals surface area (Å²) in [5.74, 6) is 0.391. The van der Waals surface area contributed by atoms with Crippen LogP contribution >= 0.6 is 12.4 Å². The van der Waals surface area contributed by atoms with Gasteiger partial charge in [-0.25, -0.2) is 13.4 Å². The monoisotopic (exact) mass is 295 g/mol. The molecule has 0 saturated heterocycles. The molecule has 1 heterocycles. The fourth-order valence-electron chi connectivity index (χ4n) is 1.21. The Morgan fingerprint density at radius 1 is 1.44 bits per heavy atom. The normalized spacial score (nSPS) is 11.1. The lowest BCUT2D eigenvalue weighted by Crippen LogP contribution is -2.32. The molecule has 1 aromatic heterocycles. The molecule has 0 fully saturated rings. The van der Waals surface area contributed by atoms with E-state index in [4.69, 9.17) is 4.74 Å². The fraction of sp³-hybridized carbons (Fsp3) is 0.500. The first-order valence-corrected chi connectivity index (χ1v) is 6.57. The zero-order valence-electron chi connectivity index (χ0n) is 10.6. The van der Waals surface area contributed by atoms with E-state index in [1.165, 1.54) is 36.8 Å². The van der Waals surface area contributed by atoms with Crippen molar-refractivity contribution in [3.05, 3.63) is 18.3 Å². The van der Waals surface area contributed by atoms with Gasteiger partial charge in [0.05, 0.1) is 13.3 Å². The third-order valence-corrected chi connectivity index (χ3v) is 4.14. The SMILES string of the molecule is CNCCN(C)S(=O)(=O)c1ccc(OC)nc1.Cl. The molecule has 0 spiro atoms. The van der Waals surface area contributed by atoms with E-state index in [1.54, 1.807) is 7.05 Å². The standard InChI is InChI=1S/C10H17N3O3S.ClH/c1-11-6-7-13(2)17(14,15)9-4-5-10(16-3)12-8-9;/h4-5,8,11H,6-7H2,1-3H3;1H. The smallest absolute Gasteiger partial charge is 0.244 e. The highest BCUT2D eigenvalue weighted by Gasteiger charge is 2.20. The highest BCUT2D eigenvalue weighted by molar-refractivity contribution is 7.89. The molecule has 0 radical (unpaired) electrons. The summed E-state index contributed by atoms with van der Waals surface area (Å²) in [6.45, 7) is 1.00. The zero-order chi connectivity index (χ0) is 12.9. The number of aromatic nitrogens is 1. The molecular formula is C10H18ClN3O3S. The second-order valence-corrected chi connectivity index (χ2v) is 5.51. The third-order valence-electron chi connectivity index (χ3n) is 2.30. The van der Waals surface area contributed by atoms with Gasteiger partial charge in [0.15, 0.2) is 0 Å². The van der Waals surface area contributed by atoms with Crippen molar-refractivity contribution in [1.29, 1.82) is 0 Å². The molecule has 1 aromatic rings. The van der Waals surface area contributed by atoms with Gasteiger partial charge in [0.1, 0.15) is 4.90 Å². The molecule has 0 unspecified atom stereocenters. The minimum Gasteiger partial charge on any atom is -0.481 e. The Bertz CT molecular complexity index is 450.